The Morgan fingerprint density at radius 2 is 0.957 bits per heavy atom. The molecule has 0 aliphatic heterocycles. The molecule has 143 valence electrons. The van der Waals surface area contributed by atoms with Gasteiger partial charge in [0.1, 0.15) is 0 Å². The van der Waals surface area contributed by atoms with Crippen LogP contribution in [0.1, 0.15) is 91.9 Å². The molecule has 2 N–H and O–H groups in total. The molecule has 0 saturated heterocycles. The van der Waals surface area contributed by atoms with Gasteiger partial charge in [0.25, 0.3) is 0 Å². The second-order valence-corrected chi connectivity index (χ2v) is 6.77. The molecule has 4 nitrogen and oxygen atoms in total. The van der Waals surface area contributed by atoms with Crippen LogP contribution in [0.3, 0.4) is 0 Å². The normalized spacial score (nSPS) is 10.0. The SMILES string of the molecule is CC(C)CCCCC(=O)O.CC(C)CCCCCCC(=O)O.[Cu]. The standard InChI is InChI=1S/C10H20O2.C8H16O2.Cu/c1-9(2)7-5-3-4-6-8-10(11)12;1-7(2)5-3-4-6-8(9)10;/h9H,3-8H2,1-2H3,(H,11,12);7H,3-6H2,1-2H3,(H,9,10);. The van der Waals surface area contributed by atoms with Gasteiger partial charge < -0.3 is 10.2 Å². The third-order valence-electron chi connectivity index (χ3n) is 3.34. The van der Waals surface area contributed by atoms with Crippen LogP contribution in [0.25, 0.3) is 0 Å². The fraction of sp³-hybridized carbons (Fsp3) is 0.889. The minimum absolute atomic E-state index is 0. The first-order valence-electron chi connectivity index (χ1n) is 8.69. The molecule has 0 aromatic heterocycles. The van der Waals surface area contributed by atoms with Crippen LogP contribution < -0.4 is 0 Å². The van der Waals surface area contributed by atoms with E-state index in [-0.39, 0.29) is 17.1 Å². The molecular weight excluding hydrogens is 344 g/mol. The summed E-state index contributed by atoms with van der Waals surface area (Å²) in [5, 5.41) is 16.6. The maximum Gasteiger partial charge on any atom is 0.303 e. The van der Waals surface area contributed by atoms with Crippen molar-refractivity contribution in [2.24, 2.45) is 11.8 Å². The van der Waals surface area contributed by atoms with Crippen molar-refractivity contribution in [2.75, 3.05) is 0 Å². The quantitative estimate of drug-likeness (QED) is 0.354. The Bertz CT molecular complexity index is 278. The van der Waals surface area contributed by atoms with Gasteiger partial charge in [-0.25, -0.2) is 0 Å². The van der Waals surface area contributed by atoms with Gasteiger partial charge in [0.2, 0.25) is 0 Å². The monoisotopic (exact) mass is 379 g/mol. The predicted octanol–water partition coefficient (Wildman–Crippen LogP) is 5.35. The van der Waals surface area contributed by atoms with E-state index in [1.807, 2.05) is 0 Å². The van der Waals surface area contributed by atoms with E-state index in [1.54, 1.807) is 0 Å². The van der Waals surface area contributed by atoms with E-state index in [4.69, 9.17) is 10.2 Å². The molecule has 0 atom stereocenters. The van der Waals surface area contributed by atoms with Gasteiger partial charge in [0.15, 0.2) is 0 Å². The largest absolute Gasteiger partial charge is 0.481 e. The molecule has 0 unspecified atom stereocenters. The van der Waals surface area contributed by atoms with Crippen molar-refractivity contribution in [3.8, 4) is 0 Å². The Labute approximate surface area is 152 Å². The van der Waals surface area contributed by atoms with Gasteiger partial charge in [-0.05, 0) is 24.7 Å². The molecule has 0 bridgehead atoms. The van der Waals surface area contributed by atoms with Crippen LogP contribution in [0.15, 0.2) is 0 Å². The van der Waals surface area contributed by atoms with Crippen molar-refractivity contribution < 1.29 is 36.9 Å². The molecule has 0 rings (SSSR count). The average molecular weight is 380 g/mol. The van der Waals surface area contributed by atoms with E-state index in [1.165, 1.54) is 19.3 Å². The molecule has 0 aliphatic carbocycles. The smallest absolute Gasteiger partial charge is 0.303 e. The molecule has 0 aromatic rings. The molecule has 0 aliphatic rings. The Morgan fingerprint density at radius 3 is 1.30 bits per heavy atom. The Morgan fingerprint density at radius 1 is 0.652 bits per heavy atom. The number of carboxylic acid groups (broad SMARTS) is 2. The summed E-state index contributed by atoms with van der Waals surface area (Å²) in [5.74, 6) is 0.140. The van der Waals surface area contributed by atoms with Crippen molar-refractivity contribution in [3.63, 3.8) is 0 Å². The summed E-state index contributed by atoms with van der Waals surface area (Å²) in [6.07, 6.45) is 9.29. The topological polar surface area (TPSA) is 74.6 Å². The predicted molar refractivity (Wildman–Crippen MR) is 91.1 cm³/mol. The van der Waals surface area contributed by atoms with E-state index < -0.39 is 11.9 Å². The number of rotatable bonds is 12. The van der Waals surface area contributed by atoms with Crippen LogP contribution in [-0.4, -0.2) is 22.2 Å². The zero-order chi connectivity index (χ0) is 17.4. The first-order chi connectivity index (χ1) is 10.3. The fourth-order valence-corrected chi connectivity index (χ4v) is 2.01. The number of hydrogen-bond acceptors (Lipinski definition) is 2. The second-order valence-electron chi connectivity index (χ2n) is 6.77. The Balaban J connectivity index is -0.000000338. The van der Waals surface area contributed by atoms with Crippen molar-refractivity contribution in [2.45, 2.75) is 91.9 Å². The van der Waals surface area contributed by atoms with E-state index in [0.717, 1.165) is 38.0 Å². The first-order valence-corrected chi connectivity index (χ1v) is 8.69. The third kappa shape index (κ3) is 34.0. The van der Waals surface area contributed by atoms with E-state index in [9.17, 15) is 9.59 Å². The Hall–Kier alpha value is -0.541. The molecule has 23 heavy (non-hydrogen) atoms. The summed E-state index contributed by atoms with van der Waals surface area (Å²) in [7, 11) is 0. The molecule has 1 radical (unpaired) electrons. The summed E-state index contributed by atoms with van der Waals surface area (Å²) in [4.78, 5) is 20.2. The van der Waals surface area contributed by atoms with Gasteiger partial charge >= 0.3 is 11.9 Å². The maximum absolute atomic E-state index is 10.1. The van der Waals surface area contributed by atoms with Gasteiger partial charge in [-0.15, -0.1) is 0 Å². The van der Waals surface area contributed by atoms with E-state index in [2.05, 4.69) is 27.7 Å². The number of aliphatic carboxylic acids is 2. The summed E-state index contributed by atoms with van der Waals surface area (Å²) in [6.45, 7) is 8.75. The Kier molecular flexibility index (Phi) is 23.2. The van der Waals surface area contributed by atoms with Crippen LogP contribution >= 0.6 is 0 Å². The third-order valence-corrected chi connectivity index (χ3v) is 3.34. The van der Waals surface area contributed by atoms with Crippen molar-refractivity contribution >= 4 is 11.9 Å². The second kappa shape index (κ2) is 19.5. The minimum atomic E-state index is -0.677. The fourth-order valence-electron chi connectivity index (χ4n) is 2.01. The molecule has 5 heteroatoms. The molecule has 0 saturated carbocycles. The molecule has 0 aromatic carbocycles. The van der Waals surface area contributed by atoms with Crippen LogP contribution in [0.4, 0.5) is 0 Å². The summed E-state index contributed by atoms with van der Waals surface area (Å²) in [6, 6.07) is 0. The van der Waals surface area contributed by atoms with Gasteiger partial charge in [-0.1, -0.05) is 66.2 Å². The van der Waals surface area contributed by atoms with Crippen LogP contribution in [-0.2, 0) is 26.7 Å². The van der Waals surface area contributed by atoms with Crippen LogP contribution in [0.5, 0.6) is 0 Å². The zero-order valence-corrected chi connectivity index (χ0v) is 16.2. The summed E-state index contributed by atoms with van der Waals surface area (Å²) >= 11 is 0. The zero-order valence-electron chi connectivity index (χ0n) is 15.2. The number of hydrogen-bond donors (Lipinski definition) is 2. The van der Waals surface area contributed by atoms with Gasteiger partial charge in [-0.2, -0.15) is 0 Å². The molecule has 0 spiro atoms. The van der Waals surface area contributed by atoms with E-state index in [0.29, 0.717) is 18.8 Å². The summed E-state index contributed by atoms with van der Waals surface area (Å²) < 4.78 is 0. The van der Waals surface area contributed by atoms with E-state index >= 15 is 0 Å². The molecule has 0 amide bonds. The number of carbonyl (C=O) groups is 2. The van der Waals surface area contributed by atoms with Crippen LogP contribution in [0, 0.1) is 11.8 Å². The van der Waals surface area contributed by atoms with Gasteiger partial charge in [0.05, 0.1) is 0 Å². The summed E-state index contributed by atoms with van der Waals surface area (Å²) in [5.41, 5.74) is 0. The number of unbranched alkanes of at least 4 members (excludes halogenated alkanes) is 4. The van der Waals surface area contributed by atoms with Crippen LogP contribution in [0.2, 0.25) is 0 Å². The molecule has 0 heterocycles. The molecular formula is C18H36CuO4. The van der Waals surface area contributed by atoms with Crippen molar-refractivity contribution in [1.29, 1.82) is 0 Å². The van der Waals surface area contributed by atoms with Gasteiger partial charge in [0, 0.05) is 29.9 Å². The molecule has 0 fully saturated rings. The minimum Gasteiger partial charge on any atom is -0.481 e. The first kappa shape index (κ1) is 27.3. The number of carboxylic acids is 2. The van der Waals surface area contributed by atoms with Crippen molar-refractivity contribution in [1.82, 2.24) is 0 Å². The maximum atomic E-state index is 10.1. The van der Waals surface area contributed by atoms with Gasteiger partial charge in [-0.3, -0.25) is 9.59 Å². The average Bonchev–Trinajstić information content (AvgIpc) is 2.38. The van der Waals surface area contributed by atoms with Crippen molar-refractivity contribution in [3.05, 3.63) is 0 Å².